The predicted octanol–water partition coefficient (Wildman–Crippen LogP) is 6.86. The van der Waals surface area contributed by atoms with Gasteiger partial charge in [0.1, 0.15) is 29.9 Å². The van der Waals surface area contributed by atoms with Gasteiger partial charge in [-0.25, -0.2) is 19.2 Å². The third-order valence-corrected chi connectivity index (χ3v) is 13.7. The average molecular weight is 1060 g/mol. The molecule has 1 aromatic heterocycles. The maximum Gasteiger partial charge on any atom is 0.329 e. The van der Waals surface area contributed by atoms with Crippen LogP contribution in [0, 0.1) is 37.5 Å². The van der Waals surface area contributed by atoms with Crippen molar-refractivity contribution in [2.45, 2.75) is 177 Å². The number of ether oxygens (including phenoxy) is 4. The first kappa shape index (κ1) is 62.0. The van der Waals surface area contributed by atoms with E-state index in [-0.39, 0.29) is 62.2 Å². The Bertz CT molecular complexity index is 2430. The molecule has 0 aliphatic carbocycles. The van der Waals surface area contributed by atoms with Crippen LogP contribution in [0.1, 0.15) is 129 Å². The molecular formula is C58H83N5O13. The van der Waals surface area contributed by atoms with E-state index in [9.17, 15) is 38.4 Å². The number of carbonyl (C=O) groups is 8. The van der Waals surface area contributed by atoms with E-state index in [1.54, 1.807) is 30.3 Å². The molecule has 0 radical (unpaired) electrons. The number of cyclic esters (lactones) is 4. The summed E-state index contributed by atoms with van der Waals surface area (Å²) in [5.41, 5.74) is 3.90. The molecule has 0 bridgehead atoms. The van der Waals surface area contributed by atoms with Gasteiger partial charge in [-0.3, -0.25) is 19.2 Å². The molecule has 8 atom stereocenters. The zero-order chi connectivity index (χ0) is 56.9. The summed E-state index contributed by atoms with van der Waals surface area (Å²) in [5.74, 6) is -6.62. The zero-order valence-electron chi connectivity index (χ0n) is 47.6. The lowest BCUT2D eigenvalue weighted by molar-refractivity contribution is -0.176. The highest BCUT2D eigenvalue weighted by atomic mass is 16.6. The second kappa shape index (κ2) is 28.0. The largest absolute Gasteiger partial charge is 0.451 e. The minimum Gasteiger partial charge on any atom is -0.451 e. The Balaban J connectivity index is 1.86. The van der Waals surface area contributed by atoms with Gasteiger partial charge in [0.05, 0.1) is 5.69 Å². The van der Waals surface area contributed by atoms with E-state index in [1.807, 2.05) is 93.5 Å². The molecule has 3 aromatic rings. The molecule has 18 nitrogen and oxygen atoms in total. The molecule has 76 heavy (non-hydrogen) atoms. The van der Waals surface area contributed by atoms with Gasteiger partial charge in [0, 0.05) is 53.0 Å². The number of carbonyl (C=O) groups excluding carboxylic acids is 8. The van der Waals surface area contributed by atoms with Crippen molar-refractivity contribution in [1.82, 2.24) is 24.8 Å². The van der Waals surface area contributed by atoms with E-state index in [2.05, 4.69) is 5.16 Å². The number of likely N-dealkylation sites (N-methyl/N-ethyl adjacent to an activating group) is 4. The minimum absolute atomic E-state index is 0.0876. The Kier molecular flexibility index (Phi) is 22.8. The van der Waals surface area contributed by atoms with Gasteiger partial charge in [-0.1, -0.05) is 115 Å². The summed E-state index contributed by atoms with van der Waals surface area (Å²) in [6, 6.07) is 11.2. The number of benzene rings is 2. The Hall–Kier alpha value is -6.59. The summed E-state index contributed by atoms with van der Waals surface area (Å²) < 4.78 is 29.4. The molecule has 4 rings (SSSR count). The van der Waals surface area contributed by atoms with E-state index in [4.69, 9.17) is 23.5 Å². The molecule has 0 unspecified atom stereocenters. The Labute approximate surface area is 449 Å². The second-order valence-corrected chi connectivity index (χ2v) is 22.1. The first-order chi connectivity index (χ1) is 35.6. The van der Waals surface area contributed by atoms with Gasteiger partial charge < -0.3 is 43.1 Å². The van der Waals surface area contributed by atoms with E-state index < -0.39 is 96.1 Å². The summed E-state index contributed by atoms with van der Waals surface area (Å²) in [6.07, 6.45) is -5.27. The number of aryl methyl sites for hydroxylation is 2. The van der Waals surface area contributed by atoms with Crippen molar-refractivity contribution in [1.29, 1.82) is 0 Å². The molecular weight excluding hydrogens is 975 g/mol. The molecule has 418 valence electrons. The third-order valence-electron chi connectivity index (χ3n) is 13.7. The number of hydrogen-bond acceptors (Lipinski definition) is 14. The van der Waals surface area contributed by atoms with Crippen molar-refractivity contribution < 1.29 is 61.8 Å². The normalized spacial score (nSPS) is 23.8. The zero-order valence-corrected chi connectivity index (χ0v) is 47.6. The van der Waals surface area contributed by atoms with Gasteiger partial charge in [-0.05, 0) is 93.7 Å². The standard InChI is InChI=1S/C58H83N5O13/c1-33(2)26-45-55(68)72-40(12)52(65)61(14)48(29-36(7)8)58(71)75-50(32-43-24-22-42(23-25-43)30-44-37(9)59-76-38(44)10)54(67)63(16)46(27-34(3)4)56(69)73-39(11)51(64)60(13)47(28-35(5)6)57(70)74-49(53(66)62(45)15)31-41-20-18-17-19-21-41/h17-25,33-36,39-40,45-50H,26-32H2,1-16H3/t39-,40-,45+,46+,47+,48+,49-,50-/m1/s1. The van der Waals surface area contributed by atoms with Gasteiger partial charge >= 0.3 is 23.9 Å². The van der Waals surface area contributed by atoms with E-state index in [0.717, 1.165) is 36.4 Å². The summed E-state index contributed by atoms with van der Waals surface area (Å²) in [5, 5.41) is 4.06. The van der Waals surface area contributed by atoms with Crippen LogP contribution < -0.4 is 0 Å². The lowest BCUT2D eigenvalue weighted by atomic mass is 9.98. The first-order valence-corrected chi connectivity index (χ1v) is 26.5. The molecule has 2 aromatic carbocycles. The number of nitrogens with zero attached hydrogens (tertiary/aromatic N) is 5. The summed E-state index contributed by atoms with van der Waals surface area (Å²) in [6.45, 7) is 21.2. The van der Waals surface area contributed by atoms with Gasteiger partial charge in [0.25, 0.3) is 23.6 Å². The van der Waals surface area contributed by atoms with E-state index >= 15 is 0 Å². The highest BCUT2D eigenvalue weighted by molar-refractivity contribution is 5.94. The minimum atomic E-state index is -1.53. The van der Waals surface area contributed by atoms with Crippen molar-refractivity contribution in [3.8, 4) is 0 Å². The fourth-order valence-corrected chi connectivity index (χ4v) is 9.27. The van der Waals surface area contributed by atoms with E-state index in [0.29, 0.717) is 23.3 Å². The lowest BCUT2D eigenvalue weighted by Crippen LogP contribution is -2.55. The fourth-order valence-electron chi connectivity index (χ4n) is 9.27. The molecule has 1 aliphatic rings. The van der Waals surface area contributed by atoms with Crippen molar-refractivity contribution in [3.63, 3.8) is 0 Å². The molecule has 1 fully saturated rings. The Morgan fingerprint density at radius 3 is 1.09 bits per heavy atom. The summed E-state index contributed by atoms with van der Waals surface area (Å²) in [7, 11) is 5.57. The van der Waals surface area contributed by atoms with E-state index in [1.165, 1.54) is 42.0 Å². The monoisotopic (exact) mass is 1060 g/mol. The quantitative estimate of drug-likeness (QED) is 0.119. The topological polar surface area (TPSA) is 212 Å². The summed E-state index contributed by atoms with van der Waals surface area (Å²) >= 11 is 0. The molecule has 0 saturated carbocycles. The predicted molar refractivity (Wildman–Crippen MR) is 284 cm³/mol. The van der Waals surface area contributed by atoms with Crippen molar-refractivity contribution in [2.24, 2.45) is 23.7 Å². The van der Waals surface area contributed by atoms with Gasteiger partial charge in [-0.15, -0.1) is 0 Å². The van der Waals surface area contributed by atoms with Crippen molar-refractivity contribution >= 4 is 47.5 Å². The molecule has 4 amide bonds. The number of hydrogen-bond donors (Lipinski definition) is 0. The smallest absolute Gasteiger partial charge is 0.329 e. The van der Waals surface area contributed by atoms with Crippen LogP contribution in [0.5, 0.6) is 0 Å². The van der Waals surface area contributed by atoms with Crippen LogP contribution in [0.2, 0.25) is 0 Å². The maximum absolute atomic E-state index is 15.0. The average Bonchev–Trinajstić information content (AvgIpc) is 3.68. The Morgan fingerprint density at radius 2 is 0.763 bits per heavy atom. The number of esters is 4. The van der Waals surface area contributed by atoms with Crippen molar-refractivity contribution in [3.05, 3.63) is 88.3 Å². The van der Waals surface area contributed by atoms with Crippen LogP contribution in [0.3, 0.4) is 0 Å². The molecule has 18 heteroatoms. The second-order valence-electron chi connectivity index (χ2n) is 22.1. The van der Waals surface area contributed by atoms with Crippen LogP contribution in [0.4, 0.5) is 0 Å². The molecule has 0 spiro atoms. The molecule has 1 aliphatic heterocycles. The maximum atomic E-state index is 15.0. The van der Waals surface area contributed by atoms with Gasteiger partial charge in [0.15, 0.2) is 24.4 Å². The van der Waals surface area contributed by atoms with Crippen LogP contribution in [-0.4, -0.2) is 149 Å². The van der Waals surface area contributed by atoms with Crippen LogP contribution in [0.15, 0.2) is 59.1 Å². The van der Waals surface area contributed by atoms with Crippen LogP contribution in [0.25, 0.3) is 0 Å². The SMILES string of the molecule is Cc1noc(C)c1Cc1ccc(C[C@H]2OC(=O)[C@H](CC(C)C)N(C)C(=O)[C@@H](C)OC(=O)[C@H](CC(C)C)N(C)C(=O)[C@@H](Cc3ccccc3)OC(=O)[C@H](CC(C)C)N(C)C(=O)[C@@H](C)OC(=O)[C@H](CC(C)C)N(C)C2=O)cc1. The van der Waals surface area contributed by atoms with Crippen molar-refractivity contribution in [2.75, 3.05) is 28.2 Å². The highest BCUT2D eigenvalue weighted by Crippen LogP contribution is 2.25. The Morgan fingerprint density at radius 1 is 0.447 bits per heavy atom. The summed E-state index contributed by atoms with van der Waals surface area (Å²) in [4.78, 5) is 121. The molecule has 0 N–H and O–H groups in total. The molecule has 1 saturated heterocycles. The molecule has 2 heterocycles. The first-order valence-electron chi connectivity index (χ1n) is 26.5. The fraction of sp³-hybridized carbons (Fsp3) is 0.603. The van der Waals surface area contributed by atoms with Crippen LogP contribution in [-0.2, 0) is 76.6 Å². The van der Waals surface area contributed by atoms with Crippen LogP contribution >= 0.6 is 0 Å². The number of rotatable bonds is 14. The van der Waals surface area contributed by atoms with Gasteiger partial charge in [-0.2, -0.15) is 0 Å². The number of amides is 4. The third kappa shape index (κ3) is 17.0. The van der Waals surface area contributed by atoms with Gasteiger partial charge in [0.2, 0.25) is 0 Å². The highest BCUT2D eigenvalue weighted by Gasteiger charge is 2.43. The lowest BCUT2D eigenvalue weighted by Gasteiger charge is -2.35. The number of aromatic nitrogens is 1.